The van der Waals surface area contributed by atoms with Gasteiger partial charge in [0.2, 0.25) is 5.82 Å². The van der Waals surface area contributed by atoms with Crippen molar-refractivity contribution >= 4 is 23.2 Å². The van der Waals surface area contributed by atoms with Gasteiger partial charge in [-0.1, -0.05) is 59.6 Å². The van der Waals surface area contributed by atoms with Crippen LogP contribution in [0, 0.1) is 27.7 Å². The SMILES string of the molecule is Cc1cccc(-c2nc(C(=O)Nc3c(C)cccc3C)nn2-c2ccc(C)c(Cl)c2)c1. The fraction of sp³-hybridized carbons (Fsp3) is 0.160. The molecule has 5 nitrogen and oxygen atoms in total. The Bertz CT molecular complexity index is 1270. The predicted octanol–water partition coefficient (Wildman–Crippen LogP) is 6.07. The van der Waals surface area contributed by atoms with Crippen molar-refractivity contribution in [3.8, 4) is 17.1 Å². The molecule has 3 aromatic carbocycles. The molecule has 4 rings (SSSR count). The molecule has 0 spiro atoms. The van der Waals surface area contributed by atoms with Crippen LogP contribution in [0.5, 0.6) is 0 Å². The van der Waals surface area contributed by atoms with Crippen LogP contribution in [0.1, 0.15) is 32.9 Å². The molecule has 0 fully saturated rings. The van der Waals surface area contributed by atoms with Crippen molar-refractivity contribution in [2.24, 2.45) is 0 Å². The maximum atomic E-state index is 13.1. The molecule has 1 aromatic heterocycles. The zero-order valence-electron chi connectivity index (χ0n) is 17.9. The van der Waals surface area contributed by atoms with E-state index in [1.807, 2.05) is 88.4 Å². The first-order valence-corrected chi connectivity index (χ1v) is 10.4. The number of carbonyl (C=O) groups excluding carboxylic acids is 1. The van der Waals surface area contributed by atoms with Gasteiger partial charge in [-0.2, -0.15) is 0 Å². The van der Waals surface area contributed by atoms with E-state index < -0.39 is 0 Å². The molecule has 0 saturated carbocycles. The quantitative estimate of drug-likeness (QED) is 0.427. The average molecular weight is 431 g/mol. The van der Waals surface area contributed by atoms with Crippen LogP contribution in [-0.2, 0) is 0 Å². The highest BCUT2D eigenvalue weighted by atomic mass is 35.5. The zero-order chi connectivity index (χ0) is 22.1. The molecule has 0 radical (unpaired) electrons. The van der Waals surface area contributed by atoms with Gasteiger partial charge in [0.15, 0.2) is 5.82 Å². The van der Waals surface area contributed by atoms with Gasteiger partial charge < -0.3 is 5.32 Å². The average Bonchev–Trinajstić information content (AvgIpc) is 3.18. The van der Waals surface area contributed by atoms with Gasteiger partial charge in [-0.3, -0.25) is 4.79 Å². The fourth-order valence-electron chi connectivity index (χ4n) is 3.45. The Morgan fingerprint density at radius 1 is 0.903 bits per heavy atom. The van der Waals surface area contributed by atoms with Crippen LogP contribution in [0.2, 0.25) is 5.02 Å². The molecule has 0 saturated heterocycles. The first-order chi connectivity index (χ1) is 14.8. The lowest BCUT2D eigenvalue weighted by molar-refractivity contribution is 0.101. The molecule has 1 N–H and O–H groups in total. The monoisotopic (exact) mass is 430 g/mol. The number of carbonyl (C=O) groups is 1. The number of benzene rings is 3. The minimum absolute atomic E-state index is 0.0934. The number of hydrogen-bond donors (Lipinski definition) is 1. The molecular weight excluding hydrogens is 408 g/mol. The first-order valence-electron chi connectivity index (χ1n) is 10.0. The van der Waals surface area contributed by atoms with Gasteiger partial charge in [-0.25, -0.2) is 9.67 Å². The van der Waals surface area contributed by atoms with Gasteiger partial charge >= 0.3 is 0 Å². The van der Waals surface area contributed by atoms with Crippen LogP contribution >= 0.6 is 11.6 Å². The summed E-state index contributed by atoms with van der Waals surface area (Å²) in [5.74, 6) is 0.314. The van der Waals surface area contributed by atoms with Gasteiger partial charge in [0.25, 0.3) is 5.91 Å². The lowest BCUT2D eigenvalue weighted by Gasteiger charge is -2.09. The number of aryl methyl sites for hydroxylation is 4. The van der Waals surface area contributed by atoms with Crippen LogP contribution in [0.15, 0.2) is 60.7 Å². The number of nitrogens with zero attached hydrogens (tertiary/aromatic N) is 3. The molecule has 0 unspecified atom stereocenters. The lowest BCUT2D eigenvalue weighted by atomic mass is 10.1. The topological polar surface area (TPSA) is 59.8 Å². The van der Waals surface area contributed by atoms with Crippen molar-refractivity contribution in [2.75, 3.05) is 5.32 Å². The third kappa shape index (κ3) is 4.23. The Morgan fingerprint density at radius 2 is 1.61 bits per heavy atom. The van der Waals surface area contributed by atoms with Crippen molar-refractivity contribution in [3.63, 3.8) is 0 Å². The van der Waals surface area contributed by atoms with Gasteiger partial charge in [0.05, 0.1) is 5.69 Å². The smallest absolute Gasteiger partial charge is 0.295 e. The first kappa shape index (κ1) is 20.8. The molecule has 31 heavy (non-hydrogen) atoms. The van der Waals surface area contributed by atoms with Crippen LogP contribution in [0.3, 0.4) is 0 Å². The molecule has 0 aliphatic heterocycles. The Kier molecular flexibility index (Phi) is 5.61. The van der Waals surface area contributed by atoms with Gasteiger partial charge in [-0.15, -0.1) is 5.10 Å². The minimum atomic E-state index is -0.358. The van der Waals surface area contributed by atoms with Crippen LogP contribution in [0.25, 0.3) is 17.1 Å². The summed E-state index contributed by atoms with van der Waals surface area (Å²) in [4.78, 5) is 17.7. The number of anilines is 1. The largest absolute Gasteiger partial charge is 0.319 e. The highest BCUT2D eigenvalue weighted by molar-refractivity contribution is 6.31. The molecule has 1 amide bonds. The predicted molar refractivity (Wildman–Crippen MR) is 125 cm³/mol. The second-order valence-electron chi connectivity index (χ2n) is 7.69. The van der Waals surface area contributed by atoms with E-state index in [9.17, 15) is 4.79 Å². The summed E-state index contributed by atoms with van der Waals surface area (Å²) in [6, 6.07) is 19.5. The third-order valence-corrected chi connectivity index (χ3v) is 5.61. The molecular formula is C25H23ClN4O. The van der Waals surface area contributed by atoms with E-state index in [4.69, 9.17) is 11.6 Å². The van der Waals surface area contributed by atoms with Crippen molar-refractivity contribution in [2.45, 2.75) is 27.7 Å². The second-order valence-corrected chi connectivity index (χ2v) is 8.10. The summed E-state index contributed by atoms with van der Waals surface area (Å²) in [6.07, 6.45) is 0. The van der Waals surface area contributed by atoms with E-state index in [2.05, 4.69) is 15.4 Å². The lowest BCUT2D eigenvalue weighted by Crippen LogP contribution is -2.16. The second kappa shape index (κ2) is 8.36. The molecule has 6 heteroatoms. The Morgan fingerprint density at radius 3 is 2.29 bits per heavy atom. The van der Waals surface area contributed by atoms with Gasteiger partial charge in [-0.05, 0) is 62.6 Å². The highest BCUT2D eigenvalue weighted by Gasteiger charge is 2.20. The molecule has 0 aliphatic rings. The van der Waals surface area contributed by atoms with E-state index >= 15 is 0 Å². The molecule has 4 aromatic rings. The summed E-state index contributed by atoms with van der Waals surface area (Å²) in [5.41, 5.74) is 6.42. The van der Waals surface area contributed by atoms with E-state index in [1.165, 1.54) is 0 Å². The van der Waals surface area contributed by atoms with E-state index in [0.29, 0.717) is 10.8 Å². The van der Waals surface area contributed by atoms with Crippen LogP contribution in [0.4, 0.5) is 5.69 Å². The summed E-state index contributed by atoms with van der Waals surface area (Å²) < 4.78 is 1.67. The molecule has 0 bridgehead atoms. The van der Waals surface area contributed by atoms with E-state index in [0.717, 1.165) is 39.2 Å². The minimum Gasteiger partial charge on any atom is -0.319 e. The van der Waals surface area contributed by atoms with Crippen LogP contribution in [-0.4, -0.2) is 20.7 Å². The summed E-state index contributed by atoms with van der Waals surface area (Å²) in [6.45, 7) is 7.88. The van der Waals surface area contributed by atoms with Gasteiger partial charge in [0, 0.05) is 16.3 Å². The van der Waals surface area contributed by atoms with Crippen molar-refractivity contribution in [1.29, 1.82) is 0 Å². The number of hydrogen-bond acceptors (Lipinski definition) is 3. The Balaban J connectivity index is 1.81. The number of amides is 1. The van der Waals surface area contributed by atoms with E-state index in [-0.39, 0.29) is 11.7 Å². The number of aromatic nitrogens is 3. The summed E-state index contributed by atoms with van der Waals surface area (Å²) >= 11 is 6.36. The van der Waals surface area contributed by atoms with Crippen molar-refractivity contribution < 1.29 is 4.79 Å². The maximum Gasteiger partial charge on any atom is 0.295 e. The van der Waals surface area contributed by atoms with E-state index in [1.54, 1.807) is 4.68 Å². The number of halogens is 1. The normalized spacial score (nSPS) is 10.9. The summed E-state index contributed by atoms with van der Waals surface area (Å²) in [5, 5.41) is 8.14. The molecule has 1 heterocycles. The fourth-order valence-corrected chi connectivity index (χ4v) is 3.63. The molecule has 156 valence electrons. The van der Waals surface area contributed by atoms with Crippen LogP contribution < -0.4 is 5.32 Å². The number of nitrogens with one attached hydrogen (secondary N) is 1. The van der Waals surface area contributed by atoms with Gasteiger partial charge in [0.1, 0.15) is 0 Å². The Hall–Kier alpha value is -3.44. The summed E-state index contributed by atoms with van der Waals surface area (Å²) in [7, 11) is 0. The molecule has 0 atom stereocenters. The highest BCUT2D eigenvalue weighted by Crippen LogP contribution is 2.26. The Labute approximate surface area is 186 Å². The van der Waals surface area contributed by atoms with Crippen molar-refractivity contribution in [3.05, 3.63) is 93.8 Å². The third-order valence-electron chi connectivity index (χ3n) is 5.21. The van der Waals surface area contributed by atoms with Crippen molar-refractivity contribution in [1.82, 2.24) is 14.8 Å². The molecule has 0 aliphatic carbocycles. The standard InChI is InChI=1S/C25H23ClN4O/c1-15-7-5-10-19(13-15)24-28-23(25(31)27-22-17(3)8-6-9-18(22)4)29-30(24)20-12-11-16(2)21(26)14-20/h5-14H,1-4H3,(H,27,31). The maximum absolute atomic E-state index is 13.1. The zero-order valence-corrected chi connectivity index (χ0v) is 18.7. The number of rotatable bonds is 4. The number of para-hydroxylation sites is 1.